The minimum atomic E-state index is -3.06. The van der Waals surface area contributed by atoms with Gasteiger partial charge in [0.25, 0.3) is 0 Å². The summed E-state index contributed by atoms with van der Waals surface area (Å²) in [6.07, 6.45) is 11.0. The van der Waals surface area contributed by atoms with Crippen molar-refractivity contribution in [2.45, 2.75) is 151 Å². The number of hydrogen-bond donors (Lipinski definition) is 3. The minimum absolute atomic E-state index is 0.00802. The molecule has 12 nitrogen and oxygen atoms in total. The lowest BCUT2D eigenvalue weighted by Crippen LogP contribution is -2.69. The van der Waals surface area contributed by atoms with Gasteiger partial charge in [-0.2, -0.15) is 0 Å². The molecule has 13 atom stereocenters. The molecular weight excluding hydrogens is 795 g/mol. The van der Waals surface area contributed by atoms with Crippen LogP contribution in [-0.2, 0) is 33.6 Å². The van der Waals surface area contributed by atoms with Crippen LogP contribution >= 0.6 is 0 Å². The van der Waals surface area contributed by atoms with Crippen molar-refractivity contribution in [3.63, 3.8) is 0 Å². The molecule has 13 heteroatoms. The smallest absolute Gasteiger partial charge is 0.407 e. The fraction of sp³-hybridized carbons (Fsp3) is 0.938. The molecule has 0 aromatic heterocycles. The van der Waals surface area contributed by atoms with E-state index >= 15 is 0 Å². The lowest BCUT2D eigenvalue weighted by molar-refractivity contribution is -0.249. The van der Waals surface area contributed by atoms with Crippen molar-refractivity contribution < 1.29 is 42.1 Å². The van der Waals surface area contributed by atoms with Crippen LogP contribution in [0, 0.1) is 74.4 Å². The third kappa shape index (κ3) is 7.99. The Hall–Kier alpha value is -1.96. The molecule has 0 aromatic rings. The number of ether oxygens (including phenoxy) is 3. The van der Waals surface area contributed by atoms with E-state index in [1.54, 1.807) is 7.11 Å². The molecule has 348 valence electrons. The highest BCUT2D eigenvalue weighted by Gasteiger charge is 2.71. The highest BCUT2D eigenvalue weighted by atomic mass is 32.2. The fourth-order valence-corrected chi connectivity index (χ4v) is 17.3. The number of hydrogen-bond acceptors (Lipinski definition) is 10. The van der Waals surface area contributed by atoms with Gasteiger partial charge in [0, 0.05) is 50.3 Å². The van der Waals surface area contributed by atoms with E-state index in [0.717, 1.165) is 32.1 Å². The number of nitrogens with zero attached hydrogens (tertiary/aromatic N) is 1. The van der Waals surface area contributed by atoms with E-state index in [-0.39, 0.29) is 69.3 Å². The highest BCUT2D eigenvalue weighted by molar-refractivity contribution is 7.91. The number of esters is 1. The normalized spacial score (nSPS) is 42.7. The van der Waals surface area contributed by atoms with Crippen molar-refractivity contribution in [2.75, 3.05) is 58.0 Å². The predicted molar refractivity (Wildman–Crippen MR) is 235 cm³/mol. The summed E-state index contributed by atoms with van der Waals surface area (Å²) in [4.78, 5) is 40.5. The highest BCUT2D eigenvalue weighted by Crippen LogP contribution is 2.76. The molecule has 1 amide bonds. The number of fused-ring (bicyclic) bond motifs is 7. The minimum Gasteiger partial charge on any atom is -0.481 e. The lowest BCUT2D eigenvalue weighted by atomic mass is 9.32. The molecule has 61 heavy (non-hydrogen) atoms. The molecule has 0 bridgehead atoms. The van der Waals surface area contributed by atoms with Gasteiger partial charge in [0.15, 0.2) is 9.84 Å². The molecule has 1 heterocycles. The van der Waals surface area contributed by atoms with Gasteiger partial charge in [-0.05, 0) is 128 Å². The Balaban J connectivity index is 1.09. The van der Waals surface area contributed by atoms with E-state index < -0.39 is 33.2 Å². The summed E-state index contributed by atoms with van der Waals surface area (Å²) < 4.78 is 41.8. The Morgan fingerprint density at radius 3 is 2.13 bits per heavy atom. The summed E-state index contributed by atoms with van der Waals surface area (Å²) >= 11 is 0. The summed E-state index contributed by atoms with van der Waals surface area (Å²) in [5, 5.41) is 16.9. The Bertz CT molecular complexity index is 1760. The van der Waals surface area contributed by atoms with Gasteiger partial charge in [-0.25, -0.2) is 13.2 Å². The molecule has 6 saturated carbocycles. The SMILES string of the molecule is COCCOC(=O)NCC(CN[C@]12CC[C@@H](C(C)C)[C@@H]1[C@H]1CC[C@@H]3[C@@]4(C)CC[C@H](OC(=O)[C@H]5C[C@@H](C(=O)O)C5(C)C)C(C)(C)[C@@H]4CC[C@@]3(C)[C@]1(C)CC2)N1CCS(=O)(=O)CC1. The first-order chi connectivity index (χ1) is 28.5. The second-order valence-corrected chi connectivity index (χ2v) is 25.6. The van der Waals surface area contributed by atoms with Crippen molar-refractivity contribution in [1.29, 1.82) is 0 Å². The molecule has 7 aliphatic rings. The predicted octanol–water partition coefficient (Wildman–Crippen LogP) is 7.20. The van der Waals surface area contributed by atoms with Crippen molar-refractivity contribution in [1.82, 2.24) is 15.5 Å². The summed E-state index contributed by atoms with van der Waals surface area (Å²) in [6.45, 7) is 23.8. The van der Waals surface area contributed by atoms with Gasteiger partial charge in [-0.3, -0.25) is 14.5 Å². The molecule has 1 aliphatic heterocycles. The molecule has 0 aromatic carbocycles. The number of alkyl carbamates (subject to hydrolysis) is 1. The number of carboxylic acid groups (broad SMARTS) is 1. The lowest BCUT2D eigenvalue weighted by Gasteiger charge is -2.73. The maximum atomic E-state index is 13.7. The number of aliphatic carboxylic acids is 1. The zero-order valence-corrected chi connectivity index (χ0v) is 40.1. The van der Waals surface area contributed by atoms with Crippen LogP contribution in [0.1, 0.15) is 133 Å². The first-order valence-corrected chi connectivity index (χ1v) is 25.8. The third-order valence-corrected chi connectivity index (χ3v) is 21.6. The average Bonchev–Trinajstić information content (AvgIpc) is 3.56. The van der Waals surface area contributed by atoms with Crippen LogP contribution in [0.3, 0.4) is 0 Å². The van der Waals surface area contributed by atoms with E-state index in [4.69, 9.17) is 14.2 Å². The Morgan fingerprint density at radius 1 is 0.787 bits per heavy atom. The molecule has 7 rings (SSSR count). The van der Waals surface area contributed by atoms with E-state index in [1.165, 1.54) is 32.1 Å². The summed E-state index contributed by atoms with van der Waals surface area (Å²) in [5.74, 6) is 1.68. The van der Waals surface area contributed by atoms with Crippen LogP contribution in [0.2, 0.25) is 0 Å². The van der Waals surface area contributed by atoms with Gasteiger partial charge in [-0.15, -0.1) is 0 Å². The Kier molecular flexibility index (Phi) is 12.9. The van der Waals surface area contributed by atoms with Crippen molar-refractivity contribution in [3.05, 3.63) is 0 Å². The van der Waals surface area contributed by atoms with Gasteiger partial charge < -0.3 is 30.0 Å². The van der Waals surface area contributed by atoms with Gasteiger partial charge >= 0.3 is 18.0 Å². The maximum absolute atomic E-state index is 13.7. The first-order valence-electron chi connectivity index (χ1n) is 24.0. The maximum Gasteiger partial charge on any atom is 0.407 e. The summed E-state index contributed by atoms with van der Waals surface area (Å²) in [7, 11) is -1.48. The van der Waals surface area contributed by atoms with Gasteiger partial charge in [-0.1, -0.05) is 62.3 Å². The Labute approximate surface area is 367 Å². The molecule has 3 N–H and O–H groups in total. The van der Waals surface area contributed by atoms with Crippen molar-refractivity contribution >= 4 is 27.9 Å². The number of carboxylic acids is 1. The molecule has 1 unspecified atom stereocenters. The number of amides is 1. The monoisotopic (exact) mass is 876 g/mol. The molecule has 7 fully saturated rings. The first kappa shape index (κ1) is 47.0. The van der Waals surface area contributed by atoms with Crippen LogP contribution in [0.5, 0.6) is 0 Å². The molecule has 6 aliphatic carbocycles. The van der Waals surface area contributed by atoms with Gasteiger partial charge in [0.05, 0.1) is 29.9 Å². The van der Waals surface area contributed by atoms with E-state index in [0.29, 0.717) is 74.7 Å². The molecule has 0 spiro atoms. The van der Waals surface area contributed by atoms with Crippen molar-refractivity contribution in [2.24, 2.45) is 74.4 Å². The van der Waals surface area contributed by atoms with Gasteiger partial charge in [0.1, 0.15) is 12.7 Å². The van der Waals surface area contributed by atoms with Crippen LogP contribution < -0.4 is 10.6 Å². The van der Waals surface area contributed by atoms with E-state index in [1.807, 2.05) is 13.8 Å². The standard InChI is InChI=1S/C48H81N3O9S/c1-30(2)32-13-18-48(50-29-31(28-49-42(55)59-24-23-58-10)51-21-25-61(56,57)26-22-51)20-19-46(8)33(39(32)48)11-12-37-45(7)16-15-38(44(5,6)36(45)14-17-47(37,46)9)60-41(54)35-27-34(40(52)53)43(35,3)4/h30-39,50H,11-29H2,1-10H3,(H,49,55)(H,52,53)/t31?,32-,33+,34-,35+,36-,37+,38-,39+,45-,46+,47+,48-/m0/s1. The zero-order chi connectivity index (χ0) is 44.6. The topological polar surface area (TPSA) is 161 Å². The largest absolute Gasteiger partial charge is 0.481 e. The van der Waals surface area contributed by atoms with E-state index in [9.17, 15) is 27.9 Å². The number of rotatable bonds is 13. The zero-order valence-electron chi connectivity index (χ0n) is 39.3. The summed E-state index contributed by atoms with van der Waals surface area (Å²) in [6, 6.07) is -0.0602. The second kappa shape index (κ2) is 16.8. The van der Waals surface area contributed by atoms with Crippen molar-refractivity contribution in [3.8, 4) is 0 Å². The number of sulfone groups is 1. The third-order valence-electron chi connectivity index (χ3n) is 20.0. The fourth-order valence-electron chi connectivity index (χ4n) is 16.1. The summed E-state index contributed by atoms with van der Waals surface area (Å²) in [5.41, 5.74) is -0.318. The van der Waals surface area contributed by atoms with Gasteiger partial charge in [0.2, 0.25) is 0 Å². The quantitative estimate of drug-likeness (QED) is 0.127. The van der Waals surface area contributed by atoms with Crippen LogP contribution in [0.4, 0.5) is 4.79 Å². The average molecular weight is 876 g/mol. The number of nitrogens with one attached hydrogen (secondary N) is 2. The number of carbonyl (C=O) groups is 3. The molecule has 1 saturated heterocycles. The van der Waals surface area contributed by atoms with Crippen LogP contribution in [-0.4, -0.2) is 112 Å². The number of methoxy groups -OCH3 is 1. The molecular formula is C48H81N3O9S. The number of carbonyl (C=O) groups excluding carboxylic acids is 2. The second-order valence-electron chi connectivity index (χ2n) is 23.3. The van der Waals surface area contributed by atoms with Crippen LogP contribution in [0.15, 0.2) is 0 Å². The Morgan fingerprint density at radius 2 is 1.49 bits per heavy atom. The van der Waals surface area contributed by atoms with E-state index in [2.05, 4.69) is 64.0 Å². The molecule has 0 radical (unpaired) electrons. The van der Waals surface area contributed by atoms with Crippen LogP contribution in [0.25, 0.3) is 0 Å².